The van der Waals surface area contributed by atoms with Crippen molar-refractivity contribution in [1.29, 1.82) is 0 Å². The van der Waals surface area contributed by atoms with Crippen molar-refractivity contribution < 1.29 is 13.5 Å². The van der Waals surface area contributed by atoms with Gasteiger partial charge in [-0.25, -0.2) is 8.78 Å². The Labute approximate surface area is 113 Å². The lowest BCUT2D eigenvalue weighted by Gasteiger charge is -2.09. The van der Waals surface area contributed by atoms with E-state index in [1.54, 1.807) is 25.1 Å². The Balaban J connectivity index is 2.13. The van der Waals surface area contributed by atoms with Crippen molar-refractivity contribution in [2.75, 3.05) is 0 Å². The monoisotopic (exact) mass is 312 g/mol. The minimum absolute atomic E-state index is 0.174. The molecule has 0 amide bonds. The highest BCUT2D eigenvalue weighted by molar-refractivity contribution is 9.10. The maximum absolute atomic E-state index is 13.4. The van der Waals surface area contributed by atoms with E-state index in [4.69, 9.17) is 4.74 Å². The van der Waals surface area contributed by atoms with E-state index in [1.807, 2.05) is 0 Å². The quantitative estimate of drug-likeness (QED) is 0.804. The van der Waals surface area contributed by atoms with Crippen LogP contribution in [0.3, 0.4) is 0 Å². The molecule has 2 rings (SSSR count). The molecule has 0 unspecified atom stereocenters. The van der Waals surface area contributed by atoms with Crippen molar-refractivity contribution in [3.05, 3.63) is 63.6 Å². The van der Waals surface area contributed by atoms with Gasteiger partial charge in [-0.3, -0.25) is 0 Å². The summed E-state index contributed by atoms with van der Waals surface area (Å²) in [4.78, 5) is 0. The minimum atomic E-state index is -0.419. The average molecular weight is 313 g/mol. The number of hydrogen-bond donors (Lipinski definition) is 0. The van der Waals surface area contributed by atoms with Gasteiger partial charge in [0.1, 0.15) is 12.4 Å². The smallest absolute Gasteiger partial charge is 0.165 e. The van der Waals surface area contributed by atoms with Crippen LogP contribution in [0.5, 0.6) is 5.75 Å². The van der Waals surface area contributed by atoms with Crippen LogP contribution in [0.15, 0.2) is 40.9 Å². The summed E-state index contributed by atoms with van der Waals surface area (Å²) in [5.74, 6) is -0.532. The van der Waals surface area contributed by atoms with Crippen molar-refractivity contribution in [3.63, 3.8) is 0 Å². The first-order valence-electron chi connectivity index (χ1n) is 5.39. The molecule has 2 aromatic carbocycles. The van der Waals surface area contributed by atoms with E-state index >= 15 is 0 Å². The molecule has 0 heterocycles. The van der Waals surface area contributed by atoms with Gasteiger partial charge >= 0.3 is 0 Å². The molecule has 0 bridgehead atoms. The van der Waals surface area contributed by atoms with Crippen LogP contribution in [0.1, 0.15) is 11.1 Å². The van der Waals surface area contributed by atoms with Gasteiger partial charge in [0.05, 0.1) is 0 Å². The van der Waals surface area contributed by atoms with Gasteiger partial charge in [0.15, 0.2) is 11.6 Å². The van der Waals surface area contributed by atoms with Gasteiger partial charge < -0.3 is 4.74 Å². The fourth-order valence-corrected chi connectivity index (χ4v) is 1.90. The first kappa shape index (κ1) is 13.0. The lowest BCUT2D eigenvalue weighted by atomic mass is 10.1. The molecule has 0 aliphatic carbocycles. The molecule has 1 nitrogen and oxygen atoms in total. The predicted octanol–water partition coefficient (Wildman–Crippen LogP) is 4.61. The zero-order valence-electron chi connectivity index (χ0n) is 9.71. The fourth-order valence-electron chi connectivity index (χ4n) is 1.56. The van der Waals surface area contributed by atoms with Crippen molar-refractivity contribution in [3.8, 4) is 5.75 Å². The van der Waals surface area contributed by atoms with E-state index in [0.717, 1.165) is 15.6 Å². The zero-order chi connectivity index (χ0) is 13.1. The number of halogens is 3. The van der Waals surface area contributed by atoms with Crippen LogP contribution in [0, 0.1) is 18.6 Å². The van der Waals surface area contributed by atoms with Crippen molar-refractivity contribution in [2.45, 2.75) is 13.5 Å². The van der Waals surface area contributed by atoms with Gasteiger partial charge in [-0.15, -0.1) is 0 Å². The van der Waals surface area contributed by atoms with E-state index in [0.29, 0.717) is 0 Å². The summed E-state index contributed by atoms with van der Waals surface area (Å²) in [7, 11) is 0. The topological polar surface area (TPSA) is 9.23 Å². The summed E-state index contributed by atoms with van der Waals surface area (Å²) in [6.45, 7) is 2.00. The molecule has 0 radical (unpaired) electrons. The van der Waals surface area contributed by atoms with E-state index in [1.165, 1.54) is 18.2 Å². The largest absolute Gasteiger partial charge is 0.486 e. The molecule has 0 saturated carbocycles. The molecular weight excluding hydrogens is 302 g/mol. The van der Waals surface area contributed by atoms with Gasteiger partial charge in [-0.05, 0) is 48.4 Å². The minimum Gasteiger partial charge on any atom is -0.486 e. The third-order valence-electron chi connectivity index (χ3n) is 2.58. The van der Waals surface area contributed by atoms with E-state index in [2.05, 4.69) is 15.9 Å². The summed E-state index contributed by atoms with van der Waals surface area (Å²) in [6.07, 6.45) is 0. The molecule has 0 aromatic heterocycles. The van der Waals surface area contributed by atoms with Crippen molar-refractivity contribution >= 4 is 15.9 Å². The van der Waals surface area contributed by atoms with Gasteiger partial charge in [0.25, 0.3) is 0 Å². The summed E-state index contributed by atoms with van der Waals surface area (Å²) in [5.41, 5.74) is 1.61. The Morgan fingerprint density at radius 2 is 1.89 bits per heavy atom. The van der Waals surface area contributed by atoms with Crippen molar-refractivity contribution in [1.82, 2.24) is 0 Å². The van der Waals surface area contributed by atoms with Gasteiger partial charge in [0.2, 0.25) is 0 Å². The van der Waals surface area contributed by atoms with Crippen LogP contribution in [-0.2, 0) is 6.61 Å². The second kappa shape index (κ2) is 5.48. The van der Waals surface area contributed by atoms with Crippen LogP contribution >= 0.6 is 15.9 Å². The average Bonchev–Trinajstić information content (AvgIpc) is 2.32. The molecule has 0 spiro atoms. The number of hydrogen-bond acceptors (Lipinski definition) is 1. The lowest BCUT2D eigenvalue weighted by molar-refractivity contribution is 0.289. The molecule has 0 N–H and O–H groups in total. The highest BCUT2D eigenvalue weighted by Crippen LogP contribution is 2.23. The third-order valence-corrected chi connectivity index (χ3v) is 3.07. The van der Waals surface area contributed by atoms with Crippen LogP contribution in [-0.4, -0.2) is 0 Å². The Morgan fingerprint density at radius 1 is 1.11 bits per heavy atom. The summed E-state index contributed by atoms with van der Waals surface area (Å²) >= 11 is 3.25. The Hall–Kier alpha value is -1.42. The first-order valence-corrected chi connectivity index (χ1v) is 6.18. The third kappa shape index (κ3) is 3.07. The molecule has 2 aromatic rings. The molecule has 0 saturated heterocycles. The van der Waals surface area contributed by atoms with Gasteiger partial charge in [-0.2, -0.15) is 0 Å². The van der Waals surface area contributed by atoms with Gasteiger partial charge in [-0.1, -0.05) is 22.0 Å². The number of benzene rings is 2. The molecule has 0 atom stereocenters. The number of ether oxygens (including phenoxy) is 1. The number of rotatable bonds is 3. The van der Waals surface area contributed by atoms with Crippen LogP contribution in [0.2, 0.25) is 0 Å². The fraction of sp³-hybridized carbons (Fsp3) is 0.143. The summed E-state index contributed by atoms with van der Waals surface area (Å²) in [6, 6.07) is 8.93. The Morgan fingerprint density at radius 3 is 2.61 bits per heavy atom. The maximum Gasteiger partial charge on any atom is 0.165 e. The second-order valence-electron chi connectivity index (χ2n) is 3.93. The van der Waals surface area contributed by atoms with E-state index < -0.39 is 5.82 Å². The van der Waals surface area contributed by atoms with Gasteiger partial charge in [0, 0.05) is 4.47 Å². The standard InChI is InChI=1S/C14H11BrF2O/c1-9-6-12(16)4-2-10(9)8-18-14-7-11(15)3-5-13(14)17/h2-7H,8H2,1H3. The highest BCUT2D eigenvalue weighted by atomic mass is 79.9. The zero-order valence-corrected chi connectivity index (χ0v) is 11.3. The molecule has 0 aliphatic heterocycles. The van der Waals surface area contributed by atoms with E-state index in [9.17, 15) is 8.78 Å². The number of aryl methyl sites for hydroxylation is 1. The predicted molar refractivity (Wildman–Crippen MR) is 69.6 cm³/mol. The maximum atomic E-state index is 13.4. The van der Waals surface area contributed by atoms with E-state index in [-0.39, 0.29) is 18.2 Å². The normalized spacial score (nSPS) is 10.4. The SMILES string of the molecule is Cc1cc(F)ccc1COc1cc(Br)ccc1F. The lowest BCUT2D eigenvalue weighted by Crippen LogP contribution is -2.00. The van der Waals surface area contributed by atoms with Crippen LogP contribution < -0.4 is 4.74 Å². The molecule has 18 heavy (non-hydrogen) atoms. The highest BCUT2D eigenvalue weighted by Gasteiger charge is 2.06. The molecule has 4 heteroatoms. The molecular formula is C14H11BrF2O. The van der Waals surface area contributed by atoms with Crippen LogP contribution in [0.25, 0.3) is 0 Å². The molecule has 0 fully saturated rings. The first-order chi connectivity index (χ1) is 8.56. The molecule has 94 valence electrons. The summed E-state index contributed by atoms with van der Waals surface area (Å²) in [5, 5.41) is 0. The van der Waals surface area contributed by atoms with Crippen LogP contribution in [0.4, 0.5) is 8.78 Å². The second-order valence-corrected chi connectivity index (χ2v) is 4.85. The summed E-state index contributed by atoms with van der Waals surface area (Å²) < 4.78 is 32.5. The Bertz CT molecular complexity index is 570. The molecule has 0 aliphatic rings. The van der Waals surface area contributed by atoms with Crippen molar-refractivity contribution in [2.24, 2.45) is 0 Å². The Kier molecular flexibility index (Phi) is 3.97.